The van der Waals surface area contributed by atoms with Gasteiger partial charge in [-0.25, -0.2) is 4.98 Å². The lowest BCUT2D eigenvalue weighted by Gasteiger charge is -2.20. The van der Waals surface area contributed by atoms with E-state index >= 15 is 0 Å². The Kier molecular flexibility index (Phi) is 8.41. The second kappa shape index (κ2) is 11.2. The summed E-state index contributed by atoms with van der Waals surface area (Å²) in [7, 11) is 1.55. The molecule has 3 aromatic rings. The van der Waals surface area contributed by atoms with Gasteiger partial charge in [-0.15, -0.1) is 0 Å². The number of aromatic nitrogens is 3. The number of hydrogen-bond donors (Lipinski definition) is 1. The third-order valence-electron chi connectivity index (χ3n) is 5.47. The van der Waals surface area contributed by atoms with Crippen LogP contribution in [0.3, 0.4) is 0 Å². The molecule has 0 saturated heterocycles. The van der Waals surface area contributed by atoms with Crippen molar-refractivity contribution >= 4 is 5.82 Å². The number of nitrogens with zero attached hydrogens (tertiary/aromatic N) is 4. The van der Waals surface area contributed by atoms with Gasteiger partial charge >= 0.3 is 0 Å². The molecular formula is C25H34N4O4. The summed E-state index contributed by atoms with van der Waals surface area (Å²) in [5.74, 6) is 2.65. The first-order chi connectivity index (χ1) is 15.9. The summed E-state index contributed by atoms with van der Waals surface area (Å²) in [6.45, 7) is 12.4. The maximum absolute atomic E-state index is 9.92. The topological polar surface area (TPSA) is 93.7 Å². The normalized spacial score (nSPS) is 12.1. The average molecular weight is 455 g/mol. The van der Waals surface area contributed by atoms with Crippen molar-refractivity contribution in [2.75, 3.05) is 38.3 Å². The first-order valence-electron chi connectivity index (χ1n) is 11.4. The number of ether oxygens (including phenoxy) is 2. The van der Waals surface area contributed by atoms with Gasteiger partial charge in [-0.2, -0.15) is 4.98 Å². The van der Waals surface area contributed by atoms with E-state index in [2.05, 4.69) is 40.8 Å². The van der Waals surface area contributed by atoms with Gasteiger partial charge in [0.05, 0.1) is 6.61 Å². The van der Waals surface area contributed by atoms with Gasteiger partial charge in [-0.3, -0.25) is 0 Å². The summed E-state index contributed by atoms with van der Waals surface area (Å²) < 4.78 is 16.5. The molecule has 8 heteroatoms. The van der Waals surface area contributed by atoms with Crippen LogP contribution < -0.4 is 9.64 Å². The second-order valence-electron chi connectivity index (χ2n) is 8.01. The van der Waals surface area contributed by atoms with E-state index in [9.17, 15) is 5.11 Å². The van der Waals surface area contributed by atoms with Crippen LogP contribution >= 0.6 is 0 Å². The number of aryl methyl sites for hydroxylation is 3. The highest BCUT2D eigenvalue weighted by Gasteiger charge is 2.17. The molecule has 33 heavy (non-hydrogen) atoms. The number of anilines is 1. The summed E-state index contributed by atoms with van der Waals surface area (Å²) in [5, 5.41) is 14.2. The highest BCUT2D eigenvalue weighted by molar-refractivity contribution is 5.65. The number of rotatable bonds is 11. The SMILES string of the molecule is CCc1cc(-c2noc(-c3cc(C)nc(N(CC)CC)c3)n2)cc(C)c1OC[C@@H](O)COC. The molecule has 3 rings (SSSR count). The highest BCUT2D eigenvalue weighted by Crippen LogP contribution is 2.32. The summed E-state index contributed by atoms with van der Waals surface area (Å²) in [6.07, 6.45) is 0.0925. The van der Waals surface area contributed by atoms with Crippen molar-refractivity contribution in [1.29, 1.82) is 0 Å². The number of benzene rings is 1. The van der Waals surface area contributed by atoms with Crippen LogP contribution in [0.2, 0.25) is 0 Å². The summed E-state index contributed by atoms with van der Waals surface area (Å²) in [6, 6.07) is 7.93. The van der Waals surface area contributed by atoms with Gasteiger partial charge in [0.1, 0.15) is 24.3 Å². The van der Waals surface area contributed by atoms with Crippen LogP contribution in [0, 0.1) is 13.8 Å². The van der Waals surface area contributed by atoms with Crippen molar-refractivity contribution in [3.8, 4) is 28.6 Å². The molecule has 178 valence electrons. The largest absolute Gasteiger partial charge is 0.490 e. The predicted octanol–water partition coefficient (Wildman–Crippen LogP) is 4.21. The fourth-order valence-corrected chi connectivity index (χ4v) is 3.81. The first-order valence-corrected chi connectivity index (χ1v) is 11.4. The van der Waals surface area contributed by atoms with Crippen molar-refractivity contribution in [2.45, 2.75) is 47.1 Å². The second-order valence-corrected chi connectivity index (χ2v) is 8.01. The fraction of sp³-hybridized carbons (Fsp3) is 0.480. The van der Waals surface area contributed by atoms with Crippen LogP contribution in [-0.4, -0.2) is 59.7 Å². The Hall–Kier alpha value is -2.97. The molecule has 0 bridgehead atoms. The maximum atomic E-state index is 9.92. The van der Waals surface area contributed by atoms with Crippen LogP contribution in [0.25, 0.3) is 22.8 Å². The molecule has 0 radical (unpaired) electrons. The fourth-order valence-electron chi connectivity index (χ4n) is 3.81. The summed E-state index contributed by atoms with van der Waals surface area (Å²) in [5.41, 5.74) is 4.57. The van der Waals surface area contributed by atoms with Crippen molar-refractivity contribution in [3.05, 3.63) is 41.1 Å². The first kappa shape index (κ1) is 24.7. The number of hydrogen-bond acceptors (Lipinski definition) is 8. The Morgan fingerprint density at radius 1 is 1.00 bits per heavy atom. The van der Waals surface area contributed by atoms with E-state index in [1.54, 1.807) is 7.11 Å². The molecule has 0 amide bonds. The van der Waals surface area contributed by atoms with Crippen LogP contribution in [0.5, 0.6) is 5.75 Å². The van der Waals surface area contributed by atoms with E-state index in [-0.39, 0.29) is 13.2 Å². The number of methoxy groups -OCH3 is 1. The molecular weight excluding hydrogens is 420 g/mol. The predicted molar refractivity (Wildman–Crippen MR) is 129 cm³/mol. The van der Waals surface area contributed by atoms with E-state index in [1.165, 1.54) is 0 Å². The Labute approximate surface area is 195 Å². The monoisotopic (exact) mass is 454 g/mol. The zero-order valence-corrected chi connectivity index (χ0v) is 20.4. The minimum absolute atomic E-state index is 0.170. The molecule has 1 aromatic carbocycles. The van der Waals surface area contributed by atoms with Crippen molar-refractivity contribution in [3.63, 3.8) is 0 Å². The highest BCUT2D eigenvalue weighted by atomic mass is 16.5. The van der Waals surface area contributed by atoms with E-state index in [0.29, 0.717) is 11.7 Å². The molecule has 0 fully saturated rings. The number of aliphatic hydroxyl groups excluding tert-OH is 1. The van der Waals surface area contributed by atoms with Gasteiger partial charge in [0.25, 0.3) is 5.89 Å². The minimum atomic E-state index is -0.677. The number of pyridine rings is 1. The van der Waals surface area contributed by atoms with Crippen molar-refractivity contribution in [2.24, 2.45) is 0 Å². The van der Waals surface area contributed by atoms with E-state index in [0.717, 1.165) is 59.0 Å². The molecule has 1 atom stereocenters. The molecule has 0 saturated carbocycles. The Bertz CT molecular complexity index is 1060. The lowest BCUT2D eigenvalue weighted by atomic mass is 10.0. The van der Waals surface area contributed by atoms with E-state index in [1.807, 2.05) is 38.1 Å². The van der Waals surface area contributed by atoms with Crippen molar-refractivity contribution in [1.82, 2.24) is 15.1 Å². The molecule has 0 aliphatic carbocycles. The van der Waals surface area contributed by atoms with Gasteiger partial charge in [0.15, 0.2) is 0 Å². The van der Waals surface area contributed by atoms with Crippen LogP contribution in [0.15, 0.2) is 28.8 Å². The molecule has 2 heterocycles. The van der Waals surface area contributed by atoms with Gasteiger partial charge in [0.2, 0.25) is 5.82 Å². The van der Waals surface area contributed by atoms with E-state index in [4.69, 9.17) is 14.0 Å². The molecule has 2 aromatic heterocycles. The lowest BCUT2D eigenvalue weighted by molar-refractivity contribution is 0.0322. The molecule has 0 aliphatic heterocycles. The Morgan fingerprint density at radius 2 is 1.76 bits per heavy atom. The summed E-state index contributed by atoms with van der Waals surface area (Å²) >= 11 is 0. The zero-order chi connectivity index (χ0) is 24.0. The third kappa shape index (κ3) is 5.89. The molecule has 0 spiro atoms. The minimum Gasteiger partial charge on any atom is -0.490 e. The zero-order valence-electron chi connectivity index (χ0n) is 20.4. The van der Waals surface area contributed by atoms with Gasteiger partial charge in [0, 0.05) is 37.0 Å². The average Bonchev–Trinajstić information content (AvgIpc) is 3.29. The summed E-state index contributed by atoms with van der Waals surface area (Å²) in [4.78, 5) is 11.5. The standard InChI is InChI=1S/C25H34N4O4/c1-7-18-12-19(10-16(4)23(18)32-15-21(30)14-31-6)24-27-25(33-28-24)20-11-17(5)26-22(13-20)29(8-2)9-3/h10-13,21,30H,7-9,14-15H2,1-6H3/t21-/m0/s1. The molecule has 0 unspecified atom stereocenters. The van der Waals surface area contributed by atoms with Crippen molar-refractivity contribution < 1.29 is 19.1 Å². The maximum Gasteiger partial charge on any atom is 0.258 e. The van der Waals surface area contributed by atoms with Crippen LogP contribution in [0.1, 0.15) is 37.6 Å². The molecule has 1 N–H and O–H groups in total. The van der Waals surface area contributed by atoms with Crippen LogP contribution in [-0.2, 0) is 11.2 Å². The molecule has 8 nitrogen and oxygen atoms in total. The van der Waals surface area contributed by atoms with E-state index < -0.39 is 6.10 Å². The Balaban J connectivity index is 1.89. The molecule has 0 aliphatic rings. The van der Waals surface area contributed by atoms with Crippen LogP contribution in [0.4, 0.5) is 5.82 Å². The van der Waals surface area contributed by atoms with Gasteiger partial charge in [-0.05, 0) is 69.5 Å². The Morgan fingerprint density at radius 3 is 2.42 bits per heavy atom. The lowest BCUT2D eigenvalue weighted by Crippen LogP contribution is -2.23. The van der Waals surface area contributed by atoms with Gasteiger partial charge < -0.3 is 24.0 Å². The smallest absolute Gasteiger partial charge is 0.258 e. The quantitative estimate of drug-likeness (QED) is 0.460. The van der Waals surface area contributed by atoms with Gasteiger partial charge in [-0.1, -0.05) is 12.1 Å². The third-order valence-corrected chi connectivity index (χ3v) is 5.47. The number of aliphatic hydroxyl groups is 1.